The fourth-order valence-corrected chi connectivity index (χ4v) is 3.38. The summed E-state index contributed by atoms with van der Waals surface area (Å²) >= 11 is 0. The van der Waals surface area contributed by atoms with Crippen LogP contribution in [0.3, 0.4) is 0 Å². The molecule has 1 aliphatic carbocycles. The van der Waals surface area contributed by atoms with E-state index in [1.165, 1.54) is 12.1 Å². The van der Waals surface area contributed by atoms with Gasteiger partial charge in [0, 0.05) is 30.6 Å². The number of benzene rings is 1. The second kappa shape index (κ2) is 7.00. The van der Waals surface area contributed by atoms with Gasteiger partial charge in [0.2, 0.25) is 5.91 Å². The SMILES string of the molecule is O=C(C1CC1)N1CCC(NCc2ccc(-c3ccc(F)cc3)o2)CC1. The first-order chi connectivity index (χ1) is 12.2. The van der Waals surface area contributed by atoms with Gasteiger partial charge in [0.05, 0.1) is 6.54 Å². The van der Waals surface area contributed by atoms with Crippen LogP contribution in [0.15, 0.2) is 40.8 Å². The number of hydrogen-bond donors (Lipinski definition) is 1. The normalized spacial score (nSPS) is 18.5. The molecular formula is C20H23FN2O2. The Morgan fingerprint density at radius 1 is 1.08 bits per heavy atom. The highest BCUT2D eigenvalue weighted by Gasteiger charge is 2.34. The number of rotatable bonds is 5. The van der Waals surface area contributed by atoms with E-state index in [1.807, 2.05) is 17.0 Å². The van der Waals surface area contributed by atoms with Gasteiger partial charge in [0.1, 0.15) is 17.3 Å². The summed E-state index contributed by atoms with van der Waals surface area (Å²) in [5.41, 5.74) is 0.875. The number of carbonyl (C=O) groups is 1. The highest BCUT2D eigenvalue weighted by atomic mass is 19.1. The maximum absolute atomic E-state index is 13.0. The molecule has 1 amide bonds. The summed E-state index contributed by atoms with van der Waals surface area (Å²) < 4.78 is 18.8. The van der Waals surface area contributed by atoms with Gasteiger partial charge in [-0.1, -0.05) is 0 Å². The molecular weight excluding hydrogens is 319 g/mol. The minimum absolute atomic E-state index is 0.247. The van der Waals surface area contributed by atoms with Crippen LogP contribution < -0.4 is 5.32 Å². The van der Waals surface area contributed by atoms with Crippen molar-refractivity contribution in [3.8, 4) is 11.3 Å². The molecule has 1 saturated heterocycles. The molecule has 4 rings (SSSR count). The average molecular weight is 342 g/mol. The topological polar surface area (TPSA) is 45.5 Å². The van der Waals surface area contributed by atoms with Crippen molar-refractivity contribution in [2.45, 2.75) is 38.3 Å². The highest BCUT2D eigenvalue weighted by molar-refractivity contribution is 5.81. The third kappa shape index (κ3) is 3.93. The van der Waals surface area contributed by atoms with Gasteiger partial charge < -0.3 is 14.6 Å². The number of likely N-dealkylation sites (tertiary alicyclic amines) is 1. The zero-order valence-corrected chi connectivity index (χ0v) is 14.2. The van der Waals surface area contributed by atoms with Crippen LogP contribution in [0.5, 0.6) is 0 Å². The number of nitrogens with zero attached hydrogens (tertiary/aromatic N) is 1. The molecule has 0 unspecified atom stereocenters. The van der Waals surface area contributed by atoms with E-state index in [1.54, 1.807) is 12.1 Å². The van der Waals surface area contributed by atoms with Gasteiger partial charge in [-0.25, -0.2) is 4.39 Å². The Bertz CT molecular complexity index is 728. The minimum atomic E-state index is -0.247. The maximum Gasteiger partial charge on any atom is 0.225 e. The first kappa shape index (κ1) is 16.3. The summed E-state index contributed by atoms with van der Waals surface area (Å²) in [6, 6.07) is 10.6. The van der Waals surface area contributed by atoms with E-state index < -0.39 is 0 Å². The number of nitrogens with one attached hydrogen (secondary N) is 1. The molecule has 25 heavy (non-hydrogen) atoms. The Morgan fingerprint density at radius 2 is 1.80 bits per heavy atom. The first-order valence-corrected chi connectivity index (χ1v) is 9.06. The fraction of sp³-hybridized carbons (Fsp3) is 0.450. The number of hydrogen-bond acceptors (Lipinski definition) is 3. The Balaban J connectivity index is 1.26. The summed E-state index contributed by atoms with van der Waals surface area (Å²) in [6.45, 7) is 2.38. The molecule has 0 atom stereocenters. The zero-order chi connectivity index (χ0) is 17.2. The summed E-state index contributed by atoms with van der Waals surface area (Å²) in [5.74, 6) is 2.05. The lowest BCUT2D eigenvalue weighted by atomic mass is 10.0. The maximum atomic E-state index is 13.0. The molecule has 0 spiro atoms. The number of piperidine rings is 1. The quantitative estimate of drug-likeness (QED) is 0.903. The van der Waals surface area contributed by atoms with E-state index in [0.29, 0.717) is 24.4 Å². The van der Waals surface area contributed by atoms with Crippen LogP contribution in [0.1, 0.15) is 31.4 Å². The largest absolute Gasteiger partial charge is 0.460 e. The van der Waals surface area contributed by atoms with Crippen molar-refractivity contribution >= 4 is 5.91 Å². The number of amides is 1. The van der Waals surface area contributed by atoms with Crippen LogP contribution in [0.25, 0.3) is 11.3 Å². The molecule has 1 aromatic heterocycles. The van der Waals surface area contributed by atoms with Crippen LogP contribution in [0.2, 0.25) is 0 Å². The second-order valence-corrected chi connectivity index (χ2v) is 7.03. The molecule has 0 radical (unpaired) electrons. The van der Waals surface area contributed by atoms with Crippen molar-refractivity contribution in [2.24, 2.45) is 5.92 Å². The summed E-state index contributed by atoms with van der Waals surface area (Å²) in [4.78, 5) is 14.1. The summed E-state index contributed by atoms with van der Waals surface area (Å²) in [7, 11) is 0. The van der Waals surface area contributed by atoms with Gasteiger partial charge in [0.15, 0.2) is 0 Å². The highest BCUT2D eigenvalue weighted by Crippen LogP contribution is 2.32. The molecule has 2 aliphatic rings. The Hall–Kier alpha value is -2.14. The average Bonchev–Trinajstić information content (AvgIpc) is 3.39. The molecule has 5 heteroatoms. The number of furan rings is 1. The monoisotopic (exact) mass is 342 g/mol. The van der Waals surface area contributed by atoms with Crippen LogP contribution in [0, 0.1) is 11.7 Å². The molecule has 132 valence electrons. The minimum Gasteiger partial charge on any atom is -0.460 e. The van der Waals surface area contributed by atoms with E-state index in [9.17, 15) is 9.18 Å². The van der Waals surface area contributed by atoms with Crippen molar-refractivity contribution in [3.63, 3.8) is 0 Å². The van der Waals surface area contributed by atoms with Crippen LogP contribution >= 0.6 is 0 Å². The predicted octanol–water partition coefficient (Wildman–Crippen LogP) is 3.58. The lowest BCUT2D eigenvalue weighted by molar-refractivity contribution is -0.133. The molecule has 0 bridgehead atoms. The van der Waals surface area contributed by atoms with Gasteiger partial charge >= 0.3 is 0 Å². The predicted molar refractivity (Wildman–Crippen MR) is 93.3 cm³/mol. The molecule has 4 nitrogen and oxygen atoms in total. The zero-order valence-electron chi connectivity index (χ0n) is 14.2. The molecule has 1 aromatic carbocycles. The Kier molecular flexibility index (Phi) is 4.57. The van der Waals surface area contributed by atoms with Crippen LogP contribution in [-0.4, -0.2) is 29.9 Å². The summed E-state index contributed by atoms with van der Waals surface area (Å²) in [6.07, 6.45) is 4.13. The van der Waals surface area contributed by atoms with Crippen molar-refractivity contribution in [3.05, 3.63) is 48.0 Å². The fourth-order valence-electron chi connectivity index (χ4n) is 3.38. The van der Waals surface area contributed by atoms with E-state index in [4.69, 9.17) is 4.42 Å². The number of carbonyl (C=O) groups excluding carboxylic acids is 1. The van der Waals surface area contributed by atoms with Crippen molar-refractivity contribution in [1.82, 2.24) is 10.2 Å². The van der Waals surface area contributed by atoms with Crippen LogP contribution in [0.4, 0.5) is 4.39 Å². The van der Waals surface area contributed by atoms with E-state index in [-0.39, 0.29) is 5.82 Å². The summed E-state index contributed by atoms with van der Waals surface area (Å²) in [5, 5.41) is 3.52. The standard InChI is InChI=1S/C20H23FN2O2/c21-16-5-3-14(4-6-16)19-8-7-18(25-19)13-22-17-9-11-23(12-10-17)20(24)15-1-2-15/h3-8,15,17,22H,1-2,9-13H2. The van der Waals surface area contributed by atoms with Gasteiger partial charge in [-0.2, -0.15) is 0 Å². The van der Waals surface area contributed by atoms with Gasteiger partial charge in [-0.3, -0.25) is 4.79 Å². The molecule has 1 aliphatic heterocycles. The van der Waals surface area contributed by atoms with E-state index in [2.05, 4.69) is 5.32 Å². The van der Waals surface area contributed by atoms with E-state index >= 15 is 0 Å². The molecule has 2 aromatic rings. The van der Waals surface area contributed by atoms with Gasteiger partial charge in [-0.15, -0.1) is 0 Å². The molecule has 1 N–H and O–H groups in total. The van der Waals surface area contributed by atoms with E-state index in [0.717, 1.165) is 55.9 Å². The molecule has 2 fully saturated rings. The second-order valence-electron chi connectivity index (χ2n) is 7.03. The number of halogens is 1. The van der Waals surface area contributed by atoms with Gasteiger partial charge in [0.25, 0.3) is 0 Å². The van der Waals surface area contributed by atoms with Crippen molar-refractivity contribution < 1.29 is 13.6 Å². The third-order valence-corrected chi connectivity index (χ3v) is 5.09. The van der Waals surface area contributed by atoms with Gasteiger partial charge in [-0.05, 0) is 62.1 Å². The van der Waals surface area contributed by atoms with Crippen molar-refractivity contribution in [2.75, 3.05) is 13.1 Å². The smallest absolute Gasteiger partial charge is 0.225 e. The Labute approximate surface area is 147 Å². The third-order valence-electron chi connectivity index (χ3n) is 5.09. The molecule has 2 heterocycles. The Morgan fingerprint density at radius 3 is 2.48 bits per heavy atom. The van der Waals surface area contributed by atoms with Crippen LogP contribution in [-0.2, 0) is 11.3 Å². The lowest BCUT2D eigenvalue weighted by Gasteiger charge is -2.32. The van der Waals surface area contributed by atoms with Crippen molar-refractivity contribution in [1.29, 1.82) is 0 Å². The molecule has 1 saturated carbocycles. The lowest BCUT2D eigenvalue weighted by Crippen LogP contribution is -2.45. The first-order valence-electron chi connectivity index (χ1n) is 9.06.